The van der Waals surface area contributed by atoms with Crippen molar-refractivity contribution in [2.24, 2.45) is 0 Å². The van der Waals surface area contributed by atoms with Gasteiger partial charge in [0.1, 0.15) is 5.75 Å². The van der Waals surface area contributed by atoms with Crippen LogP contribution in [0.5, 0.6) is 5.75 Å². The van der Waals surface area contributed by atoms with Crippen LogP contribution in [0.4, 0.5) is 0 Å². The fourth-order valence-electron chi connectivity index (χ4n) is 1.91. The number of benzene rings is 1. The fraction of sp³-hybridized carbons (Fsp3) is 0.462. The van der Waals surface area contributed by atoms with Gasteiger partial charge in [0, 0.05) is 5.02 Å². The minimum absolute atomic E-state index is 0.463. The van der Waals surface area contributed by atoms with Crippen molar-refractivity contribution in [1.29, 1.82) is 0 Å². The lowest BCUT2D eigenvalue weighted by Gasteiger charge is -2.28. The molecule has 1 aromatic carbocycles. The molecule has 0 radical (unpaired) electrons. The standard InChI is InChI=1S/C13H15ClO3/c1-8(13(15)16)17-12-6-5-10(14)7-11(12)9-3-2-4-9/h5-9H,2-4H2,1H3,(H,15,16)/t8-/m0/s1. The quantitative estimate of drug-likeness (QED) is 0.895. The highest BCUT2D eigenvalue weighted by Crippen LogP contribution is 2.42. The van der Waals surface area contributed by atoms with Gasteiger partial charge in [-0.15, -0.1) is 0 Å². The Hall–Kier alpha value is -1.22. The van der Waals surface area contributed by atoms with Gasteiger partial charge in [-0.1, -0.05) is 18.0 Å². The number of carboxylic acids is 1. The molecule has 1 fully saturated rings. The second-order valence-electron chi connectivity index (χ2n) is 4.41. The van der Waals surface area contributed by atoms with Gasteiger partial charge in [-0.3, -0.25) is 0 Å². The van der Waals surface area contributed by atoms with E-state index in [1.807, 2.05) is 6.07 Å². The summed E-state index contributed by atoms with van der Waals surface area (Å²) < 4.78 is 5.46. The predicted molar refractivity (Wildman–Crippen MR) is 65.8 cm³/mol. The van der Waals surface area contributed by atoms with Crippen LogP contribution in [0.1, 0.15) is 37.7 Å². The van der Waals surface area contributed by atoms with Crippen LogP contribution in [-0.4, -0.2) is 17.2 Å². The molecular weight excluding hydrogens is 240 g/mol. The average molecular weight is 255 g/mol. The molecule has 17 heavy (non-hydrogen) atoms. The first-order chi connectivity index (χ1) is 8.08. The van der Waals surface area contributed by atoms with Gasteiger partial charge in [-0.05, 0) is 49.4 Å². The van der Waals surface area contributed by atoms with Gasteiger partial charge in [-0.25, -0.2) is 4.79 Å². The number of carboxylic acid groups (broad SMARTS) is 1. The summed E-state index contributed by atoms with van der Waals surface area (Å²) in [7, 11) is 0. The lowest BCUT2D eigenvalue weighted by Crippen LogP contribution is -2.24. The van der Waals surface area contributed by atoms with E-state index in [0.717, 1.165) is 18.4 Å². The Morgan fingerprint density at radius 2 is 2.24 bits per heavy atom. The van der Waals surface area contributed by atoms with E-state index in [-0.39, 0.29) is 0 Å². The molecule has 2 rings (SSSR count). The van der Waals surface area contributed by atoms with E-state index in [0.29, 0.717) is 16.7 Å². The normalized spacial score (nSPS) is 17.3. The number of halogens is 1. The maximum Gasteiger partial charge on any atom is 0.344 e. The molecular formula is C13H15ClO3. The number of rotatable bonds is 4. The van der Waals surface area contributed by atoms with Crippen LogP contribution in [0, 0.1) is 0 Å². The van der Waals surface area contributed by atoms with Crippen molar-refractivity contribution in [2.75, 3.05) is 0 Å². The Balaban J connectivity index is 2.22. The zero-order valence-electron chi connectivity index (χ0n) is 9.65. The Morgan fingerprint density at radius 1 is 1.53 bits per heavy atom. The Morgan fingerprint density at radius 3 is 2.76 bits per heavy atom. The summed E-state index contributed by atoms with van der Waals surface area (Å²) >= 11 is 5.97. The lowest BCUT2D eigenvalue weighted by atomic mass is 9.79. The third-order valence-electron chi connectivity index (χ3n) is 3.17. The first-order valence-electron chi connectivity index (χ1n) is 5.77. The van der Waals surface area contributed by atoms with Gasteiger partial charge in [0.25, 0.3) is 0 Å². The molecule has 0 amide bonds. The van der Waals surface area contributed by atoms with Crippen molar-refractivity contribution in [3.05, 3.63) is 28.8 Å². The predicted octanol–water partition coefficient (Wildman–Crippen LogP) is 3.46. The van der Waals surface area contributed by atoms with E-state index in [9.17, 15) is 4.79 Å². The van der Waals surface area contributed by atoms with Crippen LogP contribution in [0.2, 0.25) is 5.02 Å². The molecule has 0 aromatic heterocycles. The molecule has 1 aliphatic carbocycles. The monoisotopic (exact) mass is 254 g/mol. The number of aliphatic carboxylic acids is 1. The van der Waals surface area contributed by atoms with E-state index < -0.39 is 12.1 Å². The van der Waals surface area contributed by atoms with Gasteiger partial charge < -0.3 is 9.84 Å². The topological polar surface area (TPSA) is 46.5 Å². The molecule has 0 spiro atoms. The average Bonchev–Trinajstić information content (AvgIpc) is 2.19. The number of hydrogen-bond donors (Lipinski definition) is 1. The Labute approximate surface area is 105 Å². The molecule has 0 bridgehead atoms. The first kappa shape index (κ1) is 12.2. The molecule has 1 N–H and O–H groups in total. The molecule has 1 saturated carbocycles. The van der Waals surface area contributed by atoms with Crippen molar-refractivity contribution in [1.82, 2.24) is 0 Å². The van der Waals surface area contributed by atoms with Crippen molar-refractivity contribution in [2.45, 2.75) is 38.2 Å². The third-order valence-corrected chi connectivity index (χ3v) is 3.40. The van der Waals surface area contributed by atoms with Crippen LogP contribution < -0.4 is 4.74 Å². The maximum atomic E-state index is 10.8. The zero-order valence-corrected chi connectivity index (χ0v) is 10.4. The summed E-state index contributed by atoms with van der Waals surface area (Å²) in [5.41, 5.74) is 1.04. The van der Waals surface area contributed by atoms with Gasteiger partial charge in [-0.2, -0.15) is 0 Å². The van der Waals surface area contributed by atoms with Crippen LogP contribution in [0.15, 0.2) is 18.2 Å². The first-order valence-corrected chi connectivity index (χ1v) is 6.14. The highest BCUT2D eigenvalue weighted by molar-refractivity contribution is 6.30. The van der Waals surface area contributed by atoms with Crippen LogP contribution in [-0.2, 0) is 4.79 Å². The van der Waals surface area contributed by atoms with Crippen LogP contribution in [0.3, 0.4) is 0 Å². The molecule has 3 nitrogen and oxygen atoms in total. The van der Waals surface area contributed by atoms with Gasteiger partial charge >= 0.3 is 5.97 Å². The van der Waals surface area contributed by atoms with Crippen LogP contribution >= 0.6 is 11.6 Å². The molecule has 0 saturated heterocycles. The van der Waals surface area contributed by atoms with Gasteiger partial charge in [0.05, 0.1) is 0 Å². The van der Waals surface area contributed by atoms with Gasteiger partial charge in [0.2, 0.25) is 0 Å². The van der Waals surface area contributed by atoms with E-state index in [2.05, 4.69) is 0 Å². The molecule has 1 aromatic rings. The summed E-state index contributed by atoms with van der Waals surface area (Å²) in [6, 6.07) is 5.37. The fourth-order valence-corrected chi connectivity index (χ4v) is 2.09. The lowest BCUT2D eigenvalue weighted by molar-refractivity contribution is -0.144. The van der Waals surface area contributed by atoms with Crippen molar-refractivity contribution < 1.29 is 14.6 Å². The molecule has 92 valence electrons. The minimum Gasteiger partial charge on any atom is -0.479 e. The second kappa shape index (κ2) is 4.96. The largest absolute Gasteiger partial charge is 0.479 e. The summed E-state index contributed by atoms with van der Waals surface area (Å²) in [6.07, 6.45) is 2.62. The summed E-state index contributed by atoms with van der Waals surface area (Å²) in [6.45, 7) is 1.53. The van der Waals surface area contributed by atoms with Gasteiger partial charge in [0.15, 0.2) is 6.10 Å². The minimum atomic E-state index is -0.959. The second-order valence-corrected chi connectivity index (χ2v) is 4.84. The van der Waals surface area contributed by atoms with Crippen molar-refractivity contribution in [3.8, 4) is 5.75 Å². The van der Waals surface area contributed by atoms with Crippen molar-refractivity contribution in [3.63, 3.8) is 0 Å². The zero-order chi connectivity index (χ0) is 12.4. The molecule has 0 aliphatic heterocycles. The highest BCUT2D eigenvalue weighted by Gasteiger charge is 2.24. The van der Waals surface area contributed by atoms with E-state index in [4.69, 9.17) is 21.4 Å². The Kier molecular flexibility index (Phi) is 3.57. The number of carbonyl (C=O) groups is 1. The molecule has 1 aliphatic rings. The number of ether oxygens (including phenoxy) is 1. The Bertz CT molecular complexity index is 427. The van der Waals surface area contributed by atoms with Crippen molar-refractivity contribution >= 4 is 17.6 Å². The van der Waals surface area contributed by atoms with E-state index in [1.165, 1.54) is 13.3 Å². The van der Waals surface area contributed by atoms with Crippen LogP contribution in [0.25, 0.3) is 0 Å². The molecule has 0 heterocycles. The summed E-state index contributed by atoms with van der Waals surface area (Å²) in [5.74, 6) is 0.151. The smallest absolute Gasteiger partial charge is 0.344 e. The summed E-state index contributed by atoms with van der Waals surface area (Å²) in [4.78, 5) is 10.8. The summed E-state index contributed by atoms with van der Waals surface area (Å²) in [5, 5.41) is 9.52. The molecule has 4 heteroatoms. The molecule has 0 unspecified atom stereocenters. The third kappa shape index (κ3) is 2.72. The SMILES string of the molecule is C[C@H](Oc1ccc(Cl)cc1C1CCC1)C(=O)O. The number of hydrogen-bond acceptors (Lipinski definition) is 2. The highest BCUT2D eigenvalue weighted by atomic mass is 35.5. The molecule has 1 atom stereocenters. The van der Waals surface area contributed by atoms with E-state index in [1.54, 1.807) is 12.1 Å². The maximum absolute atomic E-state index is 10.8. The van der Waals surface area contributed by atoms with E-state index >= 15 is 0 Å².